The molecule has 0 saturated heterocycles. The van der Waals surface area contributed by atoms with E-state index < -0.39 is 0 Å². The molecule has 0 bridgehead atoms. The number of hydrogen-bond donors (Lipinski definition) is 0. The second-order valence-corrected chi connectivity index (χ2v) is 14.3. The average Bonchev–Trinajstić information content (AvgIpc) is 3.65. The predicted molar refractivity (Wildman–Crippen MR) is 233 cm³/mol. The van der Waals surface area contributed by atoms with Gasteiger partial charge in [0.05, 0.1) is 11.0 Å². The fourth-order valence-electron chi connectivity index (χ4n) is 8.53. The van der Waals surface area contributed by atoms with Crippen LogP contribution < -0.4 is 0 Å². The van der Waals surface area contributed by atoms with Gasteiger partial charge in [-0.3, -0.25) is 4.57 Å². The Morgan fingerprint density at radius 1 is 0.309 bits per heavy atom. The van der Waals surface area contributed by atoms with E-state index in [9.17, 15) is 0 Å². The number of nitrogens with zero attached hydrogens (tertiary/aromatic N) is 2. The van der Waals surface area contributed by atoms with E-state index in [1.807, 2.05) is 0 Å². The summed E-state index contributed by atoms with van der Waals surface area (Å²) in [6.07, 6.45) is 0. The minimum Gasteiger partial charge on any atom is -0.292 e. The van der Waals surface area contributed by atoms with Crippen LogP contribution >= 0.6 is 0 Å². The summed E-state index contributed by atoms with van der Waals surface area (Å²) >= 11 is 0. The summed E-state index contributed by atoms with van der Waals surface area (Å²) in [5.41, 5.74) is 11.6. The van der Waals surface area contributed by atoms with Gasteiger partial charge in [-0.1, -0.05) is 170 Å². The Morgan fingerprint density at radius 2 is 0.745 bits per heavy atom. The molecule has 0 saturated carbocycles. The van der Waals surface area contributed by atoms with Crippen molar-refractivity contribution in [2.24, 2.45) is 0 Å². The smallest absolute Gasteiger partial charge is 0.145 e. The van der Waals surface area contributed by atoms with Gasteiger partial charge in [-0.25, -0.2) is 4.98 Å². The fraction of sp³-hybridized carbons (Fsp3) is 0. The lowest BCUT2D eigenvalue weighted by atomic mass is 9.85. The molecule has 0 N–H and O–H groups in total. The third kappa shape index (κ3) is 5.22. The van der Waals surface area contributed by atoms with Gasteiger partial charge >= 0.3 is 0 Å². The topological polar surface area (TPSA) is 17.8 Å². The zero-order chi connectivity index (χ0) is 36.3. The number of para-hydroxylation sites is 2. The highest BCUT2D eigenvalue weighted by molar-refractivity contribution is 6.21. The summed E-state index contributed by atoms with van der Waals surface area (Å²) in [4.78, 5) is 5.19. The summed E-state index contributed by atoms with van der Waals surface area (Å²) in [6.45, 7) is 0. The zero-order valence-electron chi connectivity index (χ0n) is 30.0. The van der Waals surface area contributed by atoms with Crippen LogP contribution in [-0.2, 0) is 0 Å². The number of benzene rings is 10. The van der Waals surface area contributed by atoms with E-state index in [0.29, 0.717) is 0 Å². The molecular formula is C53H34N2. The molecule has 0 unspecified atom stereocenters. The fourth-order valence-corrected chi connectivity index (χ4v) is 8.53. The molecule has 0 atom stereocenters. The van der Waals surface area contributed by atoms with Crippen molar-refractivity contribution in [2.45, 2.75) is 0 Å². The van der Waals surface area contributed by atoms with E-state index in [1.165, 1.54) is 76.5 Å². The Balaban J connectivity index is 1.03. The first-order chi connectivity index (χ1) is 27.3. The van der Waals surface area contributed by atoms with E-state index in [2.05, 4.69) is 211 Å². The van der Waals surface area contributed by atoms with Gasteiger partial charge in [0, 0.05) is 11.3 Å². The SMILES string of the molecule is c1ccc2cc(-c3ccc(-c4nc5ccccc5n4-c4ccc(-c5c6ccccc6c(-c6ccc7ccccc7c6)c6ccccc56)cc4)cc3)ccc2c1. The van der Waals surface area contributed by atoms with E-state index in [1.54, 1.807) is 0 Å². The van der Waals surface area contributed by atoms with Crippen molar-refractivity contribution in [3.05, 3.63) is 206 Å². The normalized spacial score (nSPS) is 11.6. The summed E-state index contributed by atoms with van der Waals surface area (Å²) < 4.78 is 2.29. The monoisotopic (exact) mass is 698 g/mol. The third-order valence-corrected chi connectivity index (χ3v) is 11.2. The minimum absolute atomic E-state index is 0.926. The van der Waals surface area contributed by atoms with Crippen molar-refractivity contribution < 1.29 is 0 Å². The highest BCUT2D eigenvalue weighted by Crippen LogP contribution is 2.44. The first-order valence-electron chi connectivity index (χ1n) is 18.9. The molecule has 2 nitrogen and oxygen atoms in total. The second kappa shape index (κ2) is 12.7. The van der Waals surface area contributed by atoms with Crippen molar-refractivity contribution in [1.29, 1.82) is 0 Å². The van der Waals surface area contributed by atoms with Crippen LogP contribution in [0.4, 0.5) is 0 Å². The molecule has 0 aliphatic heterocycles. The van der Waals surface area contributed by atoms with Gasteiger partial charge in [-0.15, -0.1) is 0 Å². The Bertz CT molecular complexity index is 3180. The van der Waals surface area contributed by atoms with Gasteiger partial charge < -0.3 is 0 Å². The van der Waals surface area contributed by atoms with Crippen molar-refractivity contribution in [3.63, 3.8) is 0 Å². The van der Waals surface area contributed by atoms with E-state index in [-0.39, 0.29) is 0 Å². The second-order valence-electron chi connectivity index (χ2n) is 14.3. The lowest BCUT2D eigenvalue weighted by Crippen LogP contribution is -1.98. The maximum Gasteiger partial charge on any atom is 0.145 e. The van der Waals surface area contributed by atoms with Crippen LogP contribution in [0, 0.1) is 0 Å². The minimum atomic E-state index is 0.926. The first-order valence-corrected chi connectivity index (χ1v) is 18.9. The zero-order valence-corrected chi connectivity index (χ0v) is 30.0. The predicted octanol–water partition coefficient (Wildman–Crippen LogP) is 14.3. The van der Waals surface area contributed by atoms with Crippen LogP contribution in [0.1, 0.15) is 0 Å². The number of hydrogen-bond acceptors (Lipinski definition) is 1. The molecule has 0 amide bonds. The molecular weight excluding hydrogens is 665 g/mol. The maximum absolute atomic E-state index is 5.19. The lowest BCUT2D eigenvalue weighted by molar-refractivity contribution is 1.10. The summed E-state index contributed by atoms with van der Waals surface area (Å²) in [5.74, 6) is 0.926. The highest BCUT2D eigenvalue weighted by Gasteiger charge is 2.18. The Labute approximate surface area is 319 Å². The quantitative estimate of drug-likeness (QED) is 0.164. The standard InChI is InChI=1S/C53H34N2/c1-3-13-40-33-42(27-23-35(40)11-1)37-21-25-39(26-22-37)53-54-49-19-9-10-20-50(49)55(53)44-31-29-38(30-32-44)51-45-15-5-7-17-47(45)52(48-18-8-6-16-46(48)51)43-28-24-36-12-2-4-14-41(36)34-43/h1-34H. The van der Waals surface area contributed by atoms with Crippen molar-refractivity contribution >= 4 is 54.1 Å². The van der Waals surface area contributed by atoms with Gasteiger partial charge in [-0.05, 0) is 113 Å². The van der Waals surface area contributed by atoms with Gasteiger partial charge in [0.15, 0.2) is 0 Å². The molecule has 256 valence electrons. The first kappa shape index (κ1) is 31.3. The lowest BCUT2D eigenvalue weighted by Gasteiger charge is -2.18. The number of fused-ring (bicyclic) bond motifs is 5. The number of aromatic nitrogens is 2. The maximum atomic E-state index is 5.19. The van der Waals surface area contributed by atoms with Crippen molar-refractivity contribution in [3.8, 4) is 50.5 Å². The van der Waals surface area contributed by atoms with Gasteiger partial charge in [-0.2, -0.15) is 0 Å². The van der Waals surface area contributed by atoms with Crippen molar-refractivity contribution in [2.75, 3.05) is 0 Å². The third-order valence-electron chi connectivity index (χ3n) is 11.2. The van der Waals surface area contributed by atoms with Gasteiger partial charge in [0.2, 0.25) is 0 Å². The van der Waals surface area contributed by atoms with Gasteiger partial charge in [0.25, 0.3) is 0 Å². The molecule has 0 aliphatic carbocycles. The molecule has 1 aromatic heterocycles. The number of rotatable bonds is 5. The summed E-state index contributed by atoms with van der Waals surface area (Å²) in [6, 6.07) is 74.7. The molecule has 0 spiro atoms. The molecule has 0 fully saturated rings. The molecule has 1 heterocycles. The van der Waals surface area contributed by atoms with E-state index in [4.69, 9.17) is 4.98 Å². The molecule has 11 aromatic rings. The Kier molecular flexibility index (Phi) is 7.21. The molecule has 11 rings (SSSR count). The van der Waals surface area contributed by atoms with Crippen LogP contribution in [0.2, 0.25) is 0 Å². The average molecular weight is 699 g/mol. The van der Waals surface area contributed by atoms with E-state index in [0.717, 1.165) is 28.1 Å². The molecule has 2 heteroatoms. The number of imidazole rings is 1. The molecule has 10 aromatic carbocycles. The summed E-state index contributed by atoms with van der Waals surface area (Å²) in [5, 5.41) is 10.0. The molecule has 0 aliphatic rings. The van der Waals surface area contributed by atoms with Crippen LogP contribution in [0.15, 0.2) is 206 Å². The van der Waals surface area contributed by atoms with Crippen LogP contribution in [0.5, 0.6) is 0 Å². The highest BCUT2D eigenvalue weighted by atomic mass is 15.1. The molecule has 55 heavy (non-hydrogen) atoms. The van der Waals surface area contributed by atoms with Crippen LogP contribution in [0.25, 0.3) is 105 Å². The van der Waals surface area contributed by atoms with Crippen molar-refractivity contribution in [1.82, 2.24) is 9.55 Å². The Hall–Kier alpha value is -7.29. The molecule has 0 radical (unpaired) electrons. The van der Waals surface area contributed by atoms with Crippen LogP contribution in [0.3, 0.4) is 0 Å². The van der Waals surface area contributed by atoms with E-state index >= 15 is 0 Å². The largest absolute Gasteiger partial charge is 0.292 e. The summed E-state index contributed by atoms with van der Waals surface area (Å²) in [7, 11) is 0. The van der Waals surface area contributed by atoms with Crippen LogP contribution in [-0.4, -0.2) is 9.55 Å². The Morgan fingerprint density at radius 3 is 1.36 bits per heavy atom. The van der Waals surface area contributed by atoms with Gasteiger partial charge in [0.1, 0.15) is 5.82 Å².